The Morgan fingerprint density at radius 2 is 2.21 bits per heavy atom. The fraction of sp³-hybridized carbons (Fsp3) is 0.333. The Labute approximate surface area is 176 Å². The van der Waals surface area contributed by atoms with E-state index in [1.165, 1.54) is 28.6 Å². The fourth-order valence-electron chi connectivity index (χ4n) is 3.75. The lowest BCUT2D eigenvalue weighted by Gasteiger charge is -2.16. The van der Waals surface area contributed by atoms with Gasteiger partial charge in [-0.1, -0.05) is 24.8 Å². The first-order chi connectivity index (χ1) is 14.1. The molecule has 1 aliphatic rings. The molecule has 1 atom stereocenters. The molecule has 29 heavy (non-hydrogen) atoms. The maximum Gasteiger partial charge on any atom is 0.277 e. The Hall–Kier alpha value is -2.45. The molecule has 0 spiro atoms. The summed E-state index contributed by atoms with van der Waals surface area (Å²) in [6.07, 6.45) is 3.51. The molecule has 4 aromatic heterocycles. The van der Waals surface area contributed by atoms with Gasteiger partial charge in [0.05, 0.1) is 10.6 Å². The Kier molecular flexibility index (Phi) is 4.75. The predicted octanol–water partition coefficient (Wildman–Crippen LogP) is 4.53. The van der Waals surface area contributed by atoms with Crippen molar-refractivity contribution in [2.75, 3.05) is 0 Å². The van der Waals surface area contributed by atoms with E-state index >= 15 is 0 Å². The van der Waals surface area contributed by atoms with Crippen molar-refractivity contribution in [3.8, 4) is 10.8 Å². The summed E-state index contributed by atoms with van der Waals surface area (Å²) in [6.45, 7) is 4.20. The van der Waals surface area contributed by atoms with E-state index in [4.69, 9.17) is 4.42 Å². The Morgan fingerprint density at radius 1 is 1.31 bits per heavy atom. The molecule has 6 nitrogen and oxygen atoms in total. The van der Waals surface area contributed by atoms with Crippen LogP contribution in [-0.2, 0) is 18.6 Å². The smallest absolute Gasteiger partial charge is 0.277 e. The van der Waals surface area contributed by atoms with Crippen LogP contribution in [0, 0.1) is 12.8 Å². The molecule has 0 saturated carbocycles. The predicted molar refractivity (Wildman–Crippen MR) is 115 cm³/mol. The number of aromatic nitrogens is 4. The van der Waals surface area contributed by atoms with Crippen LogP contribution < -0.4 is 5.56 Å². The van der Waals surface area contributed by atoms with Gasteiger partial charge in [-0.05, 0) is 55.9 Å². The summed E-state index contributed by atoms with van der Waals surface area (Å²) in [7, 11) is 0. The van der Waals surface area contributed by atoms with Gasteiger partial charge in [-0.3, -0.25) is 9.20 Å². The SMILES string of the molecule is Cc1cccc2nc(CSc3nnc(-c4cc5c(s4)CC[C@@H](C)C5)o3)cc(=O)n12. The van der Waals surface area contributed by atoms with Gasteiger partial charge in [0, 0.05) is 22.4 Å². The molecule has 0 unspecified atom stereocenters. The fourth-order valence-corrected chi connectivity index (χ4v) is 5.54. The number of pyridine rings is 1. The maximum absolute atomic E-state index is 12.4. The van der Waals surface area contributed by atoms with Crippen molar-refractivity contribution in [1.29, 1.82) is 0 Å². The largest absolute Gasteiger partial charge is 0.410 e. The molecule has 0 amide bonds. The molecule has 148 valence electrons. The molecule has 1 aliphatic carbocycles. The highest BCUT2D eigenvalue weighted by Crippen LogP contribution is 2.37. The van der Waals surface area contributed by atoms with Gasteiger partial charge in [0.1, 0.15) is 5.65 Å². The normalized spacial score (nSPS) is 16.3. The van der Waals surface area contributed by atoms with E-state index in [-0.39, 0.29) is 5.56 Å². The number of rotatable bonds is 4. The molecule has 4 heterocycles. The van der Waals surface area contributed by atoms with Gasteiger partial charge in [-0.25, -0.2) is 4.98 Å². The molecule has 0 aromatic carbocycles. The highest BCUT2D eigenvalue weighted by Gasteiger charge is 2.21. The topological polar surface area (TPSA) is 73.3 Å². The standard InChI is InChI=1S/C21H20N4O2S2/c1-12-6-7-16-14(8-12)9-17(29-16)20-23-24-21(27-20)28-11-15-10-19(26)25-13(2)4-3-5-18(25)22-15/h3-5,9-10,12H,6-8,11H2,1-2H3/t12-/m1/s1. The molecular formula is C21H20N4O2S2. The van der Waals surface area contributed by atoms with E-state index in [1.54, 1.807) is 21.8 Å². The molecule has 0 N–H and O–H groups in total. The molecular weight excluding hydrogens is 404 g/mol. The monoisotopic (exact) mass is 424 g/mol. The minimum Gasteiger partial charge on any atom is -0.410 e. The van der Waals surface area contributed by atoms with Gasteiger partial charge in [-0.2, -0.15) is 0 Å². The third-order valence-corrected chi connectivity index (χ3v) is 7.30. The summed E-state index contributed by atoms with van der Waals surface area (Å²) in [5.41, 5.74) is 3.57. The van der Waals surface area contributed by atoms with Crippen LogP contribution in [0.1, 0.15) is 35.2 Å². The quantitative estimate of drug-likeness (QED) is 0.448. The van der Waals surface area contributed by atoms with Gasteiger partial charge in [-0.15, -0.1) is 21.5 Å². The zero-order valence-corrected chi connectivity index (χ0v) is 17.8. The first-order valence-corrected chi connectivity index (χ1v) is 11.4. The molecule has 0 fully saturated rings. The van der Waals surface area contributed by atoms with Crippen LogP contribution in [0.3, 0.4) is 0 Å². The molecule has 0 aliphatic heterocycles. The van der Waals surface area contributed by atoms with Crippen molar-refractivity contribution in [2.24, 2.45) is 5.92 Å². The number of fused-ring (bicyclic) bond motifs is 2. The van der Waals surface area contributed by atoms with E-state index < -0.39 is 0 Å². The maximum atomic E-state index is 12.4. The zero-order valence-electron chi connectivity index (χ0n) is 16.2. The van der Waals surface area contributed by atoms with E-state index in [1.807, 2.05) is 25.1 Å². The average Bonchev–Trinajstić information content (AvgIpc) is 3.32. The van der Waals surface area contributed by atoms with Gasteiger partial charge >= 0.3 is 0 Å². The molecule has 8 heteroatoms. The number of hydrogen-bond donors (Lipinski definition) is 0. The third-order valence-electron chi connectivity index (χ3n) is 5.22. The first kappa shape index (κ1) is 18.6. The minimum atomic E-state index is -0.0756. The Bertz CT molecular complexity index is 1260. The van der Waals surface area contributed by atoms with Crippen molar-refractivity contribution >= 4 is 28.7 Å². The molecule has 4 aromatic rings. The second-order valence-electron chi connectivity index (χ2n) is 7.52. The summed E-state index contributed by atoms with van der Waals surface area (Å²) < 4.78 is 7.48. The van der Waals surface area contributed by atoms with Crippen LogP contribution in [0.25, 0.3) is 16.4 Å². The van der Waals surface area contributed by atoms with Crippen LogP contribution in [0.15, 0.2) is 44.8 Å². The van der Waals surface area contributed by atoms with Crippen molar-refractivity contribution in [1.82, 2.24) is 19.6 Å². The van der Waals surface area contributed by atoms with E-state index in [2.05, 4.69) is 28.2 Å². The van der Waals surface area contributed by atoms with Crippen molar-refractivity contribution in [2.45, 2.75) is 44.1 Å². The number of aryl methyl sites for hydroxylation is 2. The first-order valence-electron chi connectivity index (χ1n) is 9.63. The van der Waals surface area contributed by atoms with Crippen molar-refractivity contribution in [3.63, 3.8) is 0 Å². The summed E-state index contributed by atoms with van der Waals surface area (Å²) in [4.78, 5) is 19.5. The van der Waals surface area contributed by atoms with Gasteiger partial charge in [0.15, 0.2) is 0 Å². The van der Waals surface area contributed by atoms with Crippen LogP contribution in [0.5, 0.6) is 0 Å². The second kappa shape index (κ2) is 7.42. The summed E-state index contributed by atoms with van der Waals surface area (Å²) in [5, 5.41) is 8.89. The number of thioether (sulfide) groups is 1. The van der Waals surface area contributed by atoms with E-state index in [0.717, 1.165) is 29.3 Å². The average molecular weight is 425 g/mol. The molecule has 0 bridgehead atoms. The molecule has 5 rings (SSSR count). The number of nitrogens with zero attached hydrogens (tertiary/aromatic N) is 4. The number of thiophene rings is 1. The Morgan fingerprint density at radius 3 is 3.10 bits per heavy atom. The van der Waals surface area contributed by atoms with Crippen molar-refractivity contribution in [3.05, 3.63) is 62.5 Å². The van der Waals surface area contributed by atoms with E-state index in [0.29, 0.717) is 28.2 Å². The molecule has 0 radical (unpaired) electrons. The third kappa shape index (κ3) is 3.62. The van der Waals surface area contributed by atoms with Crippen LogP contribution in [-0.4, -0.2) is 19.6 Å². The lowest BCUT2D eigenvalue weighted by Crippen LogP contribution is -2.17. The zero-order chi connectivity index (χ0) is 20.0. The lowest BCUT2D eigenvalue weighted by molar-refractivity contribution is 0.466. The second-order valence-corrected chi connectivity index (χ2v) is 9.58. The van der Waals surface area contributed by atoms with Gasteiger partial charge in [0.2, 0.25) is 0 Å². The highest BCUT2D eigenvalue weighted by atomic mass is 32.2. The summed E-state index contributed by atoms with van der Waals surface area (Å²) in [6, 6.07) is 9.41. The lowest BCUT2D eigenvalue weighted by atomic mass is 9.90. The van der Waals surface area contributed by atoms with Crippen LogP contribution in [0.2, 0.25) is 0 Å². The van der Waals surface area contributed by atoms with E-state index in [9.17, 15) is 4.79 Å². The van der Waals surface area contributed by atoms with Crippen molar-refractivity contribution < 1.29 is 4.42 Å². The molecule has 0 saturated heterocycles. The van der Waals surface area contributed by atoms with Crippen LogP contribution >= 0.6 is 23.1 Å². The number of hydrogen-bond acceptors (Lipinski definition) is 7. The van der Waals surface area contributed by atoms with Gasteiger partial charge < -0.3 is 4.42 Å². The van der Waals surface area contributed by atoms with Gasteiger partial charge in [0.25, 0.3) is 16.7 Å². The summed E-state index contributed by atoms with van der Waals surface area (Å²) >= 11 is 3.16. The minimum absolute atomic E-state index is 0.0756. The highest BCUT2D eigenvalue weighted by molar-refractivity contribution is 7.98. The Balaban J connectivity index is 1.34. The summed E-state index contributed by atoms with van der Waals surface area (Å²) in [5.74, 6) is 1.81. The van der Waals surface area contributed by atoms with Crippen LogP contribution in [0.4, 0.5) is 0 Å².